The van der Waals surface area contributed by atoms with Gasteiger partial charge in [-0.15, -0.1) is 5.10 Å². The summed E-state index contributed by atoms with van der Waals surface area (Å²) in [4.78, 5) is 4.53. The Balaban J connectivity index is 1.40. The molecule has 0 radical (unpaired) electrons. The Labute approximate surface area is 167 Å². The quantitative estimate of drug-likeness (QED) is 0.527. The fourth-order valence-corrected chi connectivity index (χ4v) is 3.45. The maximum Gasteiger partial charge on any atom is 0.258 e. The van der Waals surface area contributed by atoms with Crippen molar-refractivity contribution in [1.29, 1.82) is 0 Å². The normalized spacial score (nSPS) is 15.9. The van der Waals surface area contributed by atoms with Crippen molar-refractivity contribution in [3.05, 3.63) is 65.4 Å². The Bertz CT molecular complexity index is 1150. The van der Waals surface area contributed by atoms with Crippen molar-refractivity contribution in [2.45, 2.75) is 26.2 Å². The standard InChI is InChI=1S/C21H19N5O3/c1-13-5-3-4-6-16(13)21-22-20(24-29-21)19-17-12-28-18(11-26(17)25-23-19)14-7-9-15(27-2)10-8-14/h3-10,18H,11-12H2,1-2H3. The number of rotatable bonds is 4. The first-order valence-electron chi connectivity index (χ1n) is 9.31. The molecule has 0 amide bonds. The van der Waals surface area contributed by atoms with Crippen LogP contribution in [0.2, 0.25) is 0 Å². The predicted octanol–water partition coefficient (Wildman–Crippen LogP) is 3.58. The van der Waals surface area contributed by atoms with E-state index in [0.717, 1.165) is 28.1 Å². The molecule has 5 rings (SSSR count). The van der Waals surface area contributed by atoms with Crippen molar-refractivity contribution in [2.75, 3.05) is 7.11 Å². The van der Waals surface area contributed by atoms with Gasteiger partial charge in [0.15, 0.2) is 5.69 Å². The topological polar surface area (TPSA) is 88.1 Å². The fourth-order valence-electron chi connectivity index (χ4n) is 3.45. The number of aryl methyl sites for hydroxylation is 1. The third-order valence-electron chi connectivity index (χ3n) is 5.10. The fraction of sp³-hybridized carbons (Fsp3) is 0.238. The number of aromatic nitrogens is 5. The van der Waals surface area contributed by atoms with E-state index in [1.165, 1.54) is 0 Å². The Morgan fingerprint density at radius 3 is 2.72 bits per heavy atom. The third-order valence-corrected chi connectivity index (χ3v) is 5.10. The second kappa shape index (κ2) is 7.14. The Kier molecular flexibility index (Phi) is 4.33. The van der Waals surface area contributed by atoms with Crippen LogP contribution in [0.4, 0.5) is 0 Å². The first-order valence-corrected chi connectivity index (χ1v) is 9.31. The van der Waals surface area contributed by atoms with Crippen LogP contribution in [0.25, 0.3) is 23.0 Å². The average Bonchev–Trinajstić information content (AvgIpc) is 3.40. The van der Waals surface area contributed by atoms with E-state index in [4.69, 9.17) is 14.0 Å². The van der Waals surface area contributed by atoms with Crippen LogP contribution >= 0.6 is 0 Å². The molecular formula is C21H19N5O3. The highest BCUT2D eigenvalue weighted by Crippen LogP contribution is 2.31. The van der Waals surface area contributed by atoms with Gasteiger partial charge in [-0.05, 0) is 36.2 Å². The zero-order valence-electron chi connectivity index (χ0n) is 16.1. The van der Waals surface area contributed by atoms with E-state index in [2.05, 4.69) is 20.5 Å². The van der Waals surface area contributed by atoms with Gasteiger partial charge >= 0.3 is 0 Å². The van der Waals surface area contributed by atoms with Gasteiger partial charge in [0, 0.05) is 5.56 Å². The van der Waals surface area contributed by atoms with Crippen molar-refractivity contribution in [3.8, 4) is 28.7 Å². The van der Waals surface area contributed by atoms with E-state index >= 15 is 0 Å². The molecular weight excluding hydrogens is 370 g/mol. The van der Waals surface area contributed by atoms with Gasteiger partial charge in [0.05, 0.1) is 26.0 Å². The van der Waals surface area contributed by atoms with Gasteiger partial charge in [0.2, 0.25) is 5.82 Å². The summed E-state index contributed by atoms with van der Waals surface area (Å²) >= 11 is 0. The van der Waals surface area contributed by atoms with Gasteiger partial charge in [-0.3, -0.25) is 0 Å². The van der Waals surface area contributed by atoms with Crippen LogP contribution in [0.15, 0.2) is 53.1 Å². The lowest BCUT2D eigenvalue weighted by Crippen LogP contribution is -2.22. The molecule has 8 heteroatoms. The molecule has 1 unspecified atom stereocenters. The van der Waals surface area contributed by atoms with Crippen molar-refractivity contribution in [1.82, 2.24) is 25.1 Å². The summed E-state index contributed by atoms with van der Waals surface area (Å²) < 4.78 is 18.6. The highest BCUT2D eigenvalue weighted by Gasteiger charge is 2.27. The Morgan fingerprint density at radius 2 is 1.93 bits per heavy atom. The van der Waals surface area contributed by atoms with Crippen LogP contribution in [-0.2, 0) is 17.9 Å². The van der Waals surface area contributed by atoms with E-state index in [1.807, 2.05) is 60.1 Å². The Hall–Kier alpha value is -3.52. The molecule has 0 N–H and O–H groups in total. The molecule has 146 valence electrons. The molecule has 0 spiro atoms. The van der Waals surface area contributed by atoms with Crippen LogP contribution in [0.5, 0.6) is 5.75 Å². The molecule has 0 saturated heterocycles. The van der Waals surface area contributed by atoms with Crippen LogP contribution in [0.1, 0.15) is 22.9 Å². The smallest absolute Gasteiger partial charge is 0.258 e. The first kappa shape index (κ1) is 17.6. The van der Waals surface area contributed by atoms with Crippen molar-refractivity contribution >= 4 is 0 Å². The number of hydrogen-bond acceptors (Lipinski definition) is 7. The number of ether oxygens (including phenoxy) is 2. The van der Waals surface area contributed by atoms with Gasteiger partial charge in [-0.2, -0.15) is 4.98 Å². The number of nitrogens with zero attached hydrogens (tertiary/aromatic N) is 5. The molecule has 0 aliphatic carbocycles. The number of benzene rings is 2. The van der Waals surface area contributed by atoms with E-state index in [1.54, 1.807) is 7.11 Å². The second-order valence-electron chi connectivity index (χ2n) is 6.88. The van der Waals surface area contributed by atoms with Crippen LogP contribution in [0, 0.1) is 6.92 Å². The van der Waals surface area contributed by atoms with Gasteiger partial charge in [-0.1, -0.05) is 40.7 Å². The molecule has 0 saturated carbocycles. The number of fused-ring (bicyclic) bond motifs is 1. The molecule has 2 aromatic heterocycles. The Morgan fingerprint density at radius 1 is 1.10 bits per heavy atom. The zero-order chi connectivity index (χ0) is 19.8. The van der Waals surface area contributed by atoms with Gasteiger partial charge in [-0.25, -0.2) is 4.68 Å². The summed E-state index contributed by atoms with van der Waals surface area (Å²) in [6, 6.07) is 15.7. The van der Waals surface area contributed by atoms with Crippen LogP contribution in [0.3, 0.4) is 0 Å². The average molecular weight is 389 g/mol. The van der Waals surface area contributed by atoms with Crippen molar-refractivity contribution in [2.24, 2.45) is 0 Å². The minimum absolute atomic E-state index is 0.101. The summed E-state index contributed by atoms with van der Waals surface area (Å²) in [7, 11) is 1.65. The lowest BCUT2D eigenvalue weighted by molar-refractivity contribution is -0.00114. The lowest BCUT2D eigenvalue weighted by atomic mass is 10.1. The van der Waals surface area contributed by atoms with Gasteiger partial charge < -0.3 is 14.0 Å². The van der Waals surface area contributed by atoms with Crippen LogP contribution in [-0.4, -0.2) is 32.2 Å². The molecule has 3 heterocycles. The molecule has 2 aromatic carbocycles. The summed E-state index contributed by atoms with van der Waals surface area (Å²) in [5, 5.41) is 12.7. The van der Waals surface area contributed by atoms with Crippen molar-refractivity contribution < 1.29 is 14.0 Å². The molecule has 8 nitrogen and oxygen atoms in total. The summed E-state index contributed by atoms with van der Waals surface area (Å²) in [5.41, 5.74) is 4.46. The monoisotopic (exact) mass is 389 g/mol. The minimum Gasteiger partial charge on any atom is -0.497 e. The highest BCUT2D eigenvalue weighted by molar-refractivity contribution is 5.61. The van der Waals surface area contributed by atoms with Gasteiger partial charge in [0.25, 0.3) is 5.89 Å². The van der Waals surface area contributed by atoms with Crippen LogP contribution < -0.4 is 4.74 Å². The van der Waals surface area contributed by atoms with Gasteiger partial charge in [0.1, 0.15) is 11.9 Å². The largest absolute Gasteiger partial charge is 0.497 e. The highest BCUT2D eigenvalue weighted by atomic mass is 16.5. The predicted molar refractivity (Wildman–Crippen MR) is 104 cm³/mol. The number of hydrogen-bond donors (Lipinski definition) is 0. The van der Waals surface area contributed by atoms with E-state index in [0.29, 0.717) is 30.6 Å². The van der Waals surface area contributed by atoms with E-state index in [9.17, 15) is 0 Å². The van der Waals surface area contributed by atoms with E-state index < -0.39 is 0 Å². The maximum absolute atomic E-state index is 6.07. The summed E-state index contributed by atoms with van der Waals surface area (Å²) in [5.74, 6) is 1.69. The zero-order valence-corrected chi connectivity index (χ0v) is 16.1. The summed E-state index contributed by atoms with van der Waals surface area (Å²) in [6.07, 6.45) is -0.101. The minimum atomic E-state index is -0.101. The maximum atomic E-state index is 6.07. The molecule has 0 bridgehead atoms. The molecule has 1 aliphatic heterocycles. The van der Waals surface area contributed by atoms with Crippen molar-refractivity contribution in [3.63, 3.8) is 0 Å². The molecule has 1 aliphatic rings. The lowest BCUT2D eigenvalue weighted by Gasteiger charge is -2.24. The third kappa shape index (κ3) is 3.17. The first-order chi connectivity index (χ1) is 14.2. The molecule has 1 atom stereocenters. The molecule has 29 heavy (non-hydrogen) atoms. The summed E-state index contributed by atoms with van der Waals surface area (Å²) in [6.45, 7) is 2.94. The number of methoxy groups -OCH3 is 1. The molecule has 0 fully saturated rings. The molecule has 4 aromatic rings. The second-order valence-corrected chi connectivity index (χ2v) is 6.88. The SMILES string of the molecule is COc1ccc(C2Cn3nnc(-c4noc(-c5ccccc5C)n4)c3CO2)cc1. The van der Waals surface area contributed by atoms with E-state index in [-0.39, 0.29) is 6.10 Å².